The SMILES string of the molecule is COc1ccc(NC(=O)C2CCCN(Cc3nc(-c4ccc(Br)cc4)no3)C2)cc1Cl. The van der Waals surface area contributed by atoms with Crippen molar-refractivity contribution in [3.63, 3.8) is 0 Å². The Morgan fingerprint density at radius 3 is 2.87 bits per heavy atom. The van der Waals surface area contributed by atoms with Gasteiger partial charge in [-0.15, -0.1) is 0 Å². The maximum Gasteiger partial charge on any atom is 0.241 e. The molecule has 9 heteroatoms. The quantitative estimate of drug-likeness (QED) is 0.507. The number of aromatic nitrogens is 2. The molecule has 162 valence electrons. The van der Waals surface area contributed by atoms with Gasteiger partial charge in [0.15, 0.2) is 0 Å². The van der Waals surface area contributed by atoms with E-state index >= 15 is 0 Å². The molecule has 0 radical (unpaired) electrons. The lowest BCUT2D eigenvalue weighted by Gasteiger charge is -2.30. The van der Waals surface area contributed by atoms with Crippen molar-refractivity contribution < 1.29 is 14.1 Å². The molecule has 2 aromatic carbocycles. The Labute approximate surface area is 193 Å². The van der Waals surface area contributed by atoms with Crippen molar-refractivity contribution in [2.24, 2.45) is 5.92 Å². The fourth-order valence-corrected chi connectivity index (χ4v) is 4.15. The van der Waals surface area contributed by atoms with Crippen molar-refractivity contribution in [1.29, 1.82) is 0 Å². The maximum atomic E-state index is 12.8. The largest absolute Gasteiger partial charge is 0.495 e. The summed E-state index contributed by atoms with van der Waals surface area (Å²) in [5, 5.41) is 7.50. The molecule has 31 heavy (non-hydrogen) atoms. The molecule has 0 aliphatic carbocycles. The van der Waals surface area contributed by atoms with Crippen LogP contribution in [0.2, 0.25) is 5.02 Å². The van der Waals surface area contributed by atoms with Gasteiger partial charge in [0.25, 0.3) is 0 Å². The van der Waals surface area contributed by atoms with E-state index in [1.54, 1.807) is 25.3 Å². The normalized spacial score (nSPS) is 16.8. The van der Waals surface area contributed by atoms with E-state index in [-0.39, 0.29) is 11.8 Å². The monoisotopic (exact) mass is 504 g/mol. The van der Waals surface area contributed by atoms with E-state index in [9.17, 15) is 4.79 Å². The molecule has 1 aliphatic rings. The molecule has 0 spiro atoms. The lowest BCUT2D eigenvalue weighted by Crippen LogP contribution is -2.40. The number of methoxy groups -OCH3 is 1. The first-order chi connectivity index (χ1) is 15.0. The van der Waals surface area contributed by atoms with Crippen molar-refractivity contribution in [3.8, 4) is 17.1 Å². The van der Waals surface area contributed by atoms with Gasteiger partial charge < -0.3 is 14.6 Å². The summed E-state index contributed by atoms with van der Waals surface area (Å²) in [5.41, 5.74) is 1.55. The Kier molecular flexibility index (Phi) is 6.89. The van der Waals surface area contributed by atoms with Crippen LogP contribution < -0.4 is 10.1 Å². The molecule has 4 rings (SSSR count). The number of carbonyl (C=O) groups excluding carboxylic acids is 1. The summed E-state index contributed by atoms with van der Waals surface area (Å²) in [6.07, 6.45) is 1.76. The number of nitrogens with zero attached hydrogens (tertiary/aromatic N) is 3. The van der Waals surface area contributed by atoms with E-state index in [4.69, 9.17) is 20.9 Å². The van der Waals surface area contributed by atoms with E-state index in [1.807, 2.05) is 24.3 Å². The van der Waals surface area contributed by atoms with Crippen LogP contribution in [0.1, 0.15) is 18.7 Å². The van der Waals surface area contributed by atoms with Crippen LogP contribution in [-0.4, -0.2) is 41.1 Å². The number of likely N-dealkylation sites (tertiary alicyclic amines) is 1. The lowest BCUT2D eigenvalue weighted by molar-refractivity contribution is -0.121. The van der Waals surface area contributed by atoms with Crippen LogP contribution in [0, 0.1) is 5.92 Å². The van der Waals surface area contributed by atoms with Crippen LogP contribution in [0.15, 0.2) is 51.5 Å². The smallest absolute Gasteiger partial charge is 0.241 e. The van der Waals surface area contributed by atoms with Gasteiger partial charge in [-0.05, 0) is 61.9 Å². The molecule has 1 saturated heterocycles. The minimum Gasteiger partial charge on any atom is -0.495 e. The Bertz CT molecular complexity index is 1060. The van der Waals surface area contributed by atoms with E-state index < -0.39 is 0 Å². The first kappa shape index (κ1) is 21.8. The number of amides is 1. The highest BCUT2D eigenvalue weighted by Gasteiger charge is 2.27. The average molecular weight is 506 g/mol. The Morgan fingerprint density at radius 1 is 1.32 bits per heavy atom. The van der Waals surface area contributed by atoms with E-state index in [2.05, 4.69) is 36.3 Å². The molecular weight excluding hydrogens is 484 g/mol. The number of hydrogen-bond acceptors (Lipinski definition) is 6. The summed E-state index contributed by atoms with van der Waals surface area (Å²) in [6, 6.07) is 13.0. The van der Waals surface area contributed by atoms with Crippen LogP contribution in [-0.2, 0) is 11.3 Å². The van der Waals surface area contributed by atoms with Crippen molar-refractivity contribution in [2.75, 3.05) is 25.5 Å². The number of carbonyl (C=O) groups is 1. The van der Waals surface area contributed by atoms with Gasteiger partial charge in [0.2, 0.25) is 17.6 Å². The lowest BCUT2D eigenvalue weighted by atomic mass is 9.97. The van der Waals surface area contributed by atoms with E-state index in [0.717, 1.165) is 29.4 Å². The van der Waals surface area contributed by atoms with E-state index in [1.165, 1.54) is 0 Å². The zero-order chi connectivity index (χ0) is 21.8. The number of ether oxygens (including phenoxy) is 1. The molecule has 0 bridgehead atoms. The van der Waals surface area contributed by atoms with Crippen molar-refractivity contribution >= 4 is 39.1 Å². The number of piperidine rings is 1. The zero-order valence-electron chi connectivity index (χ0n) is 17.0. The van der Waals surface area contributed by atoms with Gasteiger partial charge in [-0.3, -0.25) is 9.69 Å². The minimum absolute atomic E-state index is 0.0213. The maximum absolute atomic E-state index is 12.8. The molecular formula is C22H22BrClN4O3. The molecule has 2 heterocycles. The topological polar surface area (TPSA) is 80.5 Å². The second kappa shape index (κ2) is 9.80. The summed E-state index contributed by atoms with van der Waals surface area (Å²) in [5.74, 6) is 1.53. The predicted molar refractivity (Wildman–Crippen MR) is 122 cm³/mol. The van der Waals surface area contributed by atoms with Gasteiger partial charge in [0, 0.05) is 22.3 Å². The number of anilines is 1. The van der Waals surface area contributed by atoms with Crippen LogP contribution in [0.4, 0.5) is 5.69 Å². The fraction of sp³-hybridized carbons (Fsp3) is 0.318. The Morgan fingerprint density at radius 2 is 2.13 bits per heavy atom. The minimum atomic E-state index is -0.122. The molecule has 0 saturated carbocycles. The number of halogens is 2. The van der Waals surface area contributed by atoms with Gasteiger partial charge in [0.1, 0.15) is 5.75 Å². The van der Waals surface area contributed by atoms with Gasteiger partial charge >= 0.3 is 0 Å². The highest BCUT2D eigenvalue weighted by Crippen LogP contribution is 2.28. The Balaban J connectivity index is 1.36. The van der Waals surface area contributed by atoms with Gasteiger partial charge in [-0.2, -0.15) is 4.98 Å². The van der Waals surface area contributed by atoms with Crippen molar-refractivity contribution in [3.05, 3.63) is 57.9 Å². The predicted octanol–water partition coefficient (Wildman–Crippen LogP) is 5.01. The highest BCUT2D eigenvalue weighted by atomic mass is 79.9. The molecule has 1 fully saturated rings. The second-order valence-corrected chi connectivity index (χ2v) is 8.75. The molecule has 1 unspecified atom stereocenters. The second-order valence-electron chi connectivity index (χ2n) is 7.43. The van der Waals surface area contributed by atoms with Crippen LogP contribution in [0.25, 0.3) is 11.4 Å². The highest BCUT2D eigenvalue weighted by molar-refractivity contribution is 9.10. The van der Waals surface area contributed by atoms with Gasteiger partial charge in [-0.25, -0.2) is 0 Å². The third-order valence-corrected chi connectivity index (χ3v) is 6.05. The van der Waals surface area contributed by atoms with Crippen LogP contribution >= 0.6 is 27.5 Å². The van der Waals surface area contributed by atoms with Crippen molar-refractivity contribution in [2.45, 2.75) is 19.4 Å². The molecule has 1 aliphatic heterocycles. The fourth-order valence-electron chi connectivity index (χ4n) is 3.63. The first-order valence-electron chi connectivity index (χ1n) is 9.97. The molecule has 3 aromatic rings. The summed E-state index contributed by atoms with van der Waals surface area (Å²) >= 11 is 9.58. The number of nitrogens with one attached hydrogen (secondary N) is 1. The average Bonchev–Trinajstić information content (AvgIpc) is 3.23. The molecule has 1 N–H and O–H groups in total. The van der Waals surface area contributed by atoms with E-state index in [0.29, 0.717) is 41.3 Å². The molecule has 7 nitrogen and oxygen atoms in total. The van der Waals surface area contributed by atoms with Gasteiger partial charge in [0.05, 0.1) is 24.6 Å². The van der Waals surface area contributed by atoms with Crippen LogP contribution in [0.5, 0.6) is 5.75 Å². The van der Waals surface area contributed by atoms with Gasteiger partial charge in [-0.1, -0.05) is 32.7 Å². The number of rotatable bonds is 6. The standard InChI is InChI=1S/C22H22BrClN4O3/c1-30-19-9-8-17(11-18(19)24)25-22(29)15-3-2-10-28(12-15)13-20-26-21(27-31-20)14-4-6-16(23)7-5-14/h4-9,11,15H,2-3,10,12-13H2,1H3,(H,25,29). The number of benzene rings is 2. The molecule has 1 amide bonds. The Hall–Kier alpha value is -2.42. The first-order valence-corrected chi connectivity index (χ1v) is 11.1. The molecule has 1 aromatic heterocycles. The van der Waals surface area contributed by atoms with Crippen LogP contribution in [0.3, 0.4) is 0 Å². The summed E-state index contributed by atoms with van der Waals surface area (Å²) < 4.78 is 11.6. The third-order valence-electron chi connectivity index (χ3n) is 5.23. The third kappa shape index (κ3) is 5.44. The van der Waals surface area contributed by atoms with Crippen molar-refractivity contribution in [1.82, 2.24) is 15.0 Å². The molecule has 1 atom stereocenters. The summed E-state index contributed by atoms with van der Waals surface area (Å²) in [7, 11) is 1.56. The summed E-state index contributed by atoms with van der Waals surface area (Å²) in [6.45, 7) is 2.03. The zero-order valence-corrected chi connectivity index (χ0v) is 19.3. The summed E-state index contributed by atoms with van der Waals surface area (Å²) in [4.78, 5) is 19.5. The number of hydrogen-bond donors (Lipinski definition) is 1.